The first kappa shape index (κ1) is 20.5. The maximum absolute atomic E-state index is 12.9. The summed E-state index contributed by atoms with van der Waals surface area (Å²) in [6, 6.07) is 5.36. The molecule has 1 fully saturated rings. The van der Waals surface area contributed by atoms with Crippen LogP contribution < -0.4 is 5.32 Å². The van der Waals surface area contributed by atoms with E-state index in [4.69, 9.17) is 27.9 Å². The highest BCUT2D eigenvalue weighted by Gasteiger charge is 2.41. The van der Waals surface area contributed by atoms with Gasteiger partial charge < -0.3 is 15.0 Å². The molecule has 2 rings (SSSR count). The average Bonchev–Trinajstić information content (AvgIpc) is 2.46. The Morgan fingerprint density at radius 2 is 1.83 bits per heavy atom. The lowest BCUT2D eigenvalue weighted by atomic mass is 9.78. The van der Waals surface area contributed by atoms with Crippen molar-refractivity contribution in [1.29, 1.82) is 0 Å². The quantitative estimate of drug-likeness (QED) is 0.850. The summed E-state index contributed by atoms with van der Waals surface area (Å²) in [7, 11) is 3.46. The summed E-state index contributed by atoms with van der Waals surface area (Å²) in [5.41, 5.74) is 0.492. The summed E-state index contributed by atoms with van der Waals surface area (Å²) in [5, 5.41) is 4.46. The SMILES string of the molecule is COCC1(C(=O)N(C)Cc2cc(Cl)cc(Cl)c2)CCNCC1.Cl. The Labute approximate surface area is 153 Å². The summed E-state index contributed by atoms with van der Waals surface area (Å²) in [5.74, 6) is 0.118. The first-order valence-electron chi connectivity index (χ1n) is 7.37. The van der Waals surface area contributed by atoms with Crippen LogP contribution in [-0.2, 0) is 16.1 Å². The standard InChI is InChI=1S/C16H22Cl2N2O2.ClH/c1-20(10-12-7-13(17)9-14(18)8-12)15(21)16(11-22-2)3-5-19-6-4-16;/h7-9,19H,3-6,10-11H2,1-2H3;1H. The smallest absolute Gasteiger partial charge is 0.231 e. The Morgan fingerprint density at radius 1 is 1.26 bits per heavy atom. The first-order valence-corrected chi connectivity index (χ1v) is 8.13. The summed E-state index contributed by atoms with van der Waals surface area (Å²) in [6.45, 7) is 2.62. The second-order valence-electron chi connectivity index (χ2n) is 5.90. The lowest BCUT2D eigenvalue weighted by molar-refractivity contribution is -0.146. The van der Waals surface area contributed by atoms with Gasteiger partial charge in [-0.15, -0.1) is 12.4 Å². The van der Waals surface area contributed by atoms with Gasteiger partial charge in [0.05, 0.1) is 12.0 Å². The number of hydrogen-bond acceptors (Lipinski definition) is 3. The van der Waals surface area contributed by atoms with E-state index in [0.29, 0.717) is 23.2 Å². The van der Waals surface area contributed by atoms with Gasteiger partial charge in [0.15, 0.2) is 0 Å². The van der Waals surface area contributed by atoms with Crippen molar-refractivity contribution in [3.63, 3.8) is 0 Å². The third kappa shape index (κ3) is 5.23. The number of nitrogens with one attached hydrogen (secondary N) is 1. The van der Waals surface area contributed by atoms with Crippen LogP contribution in [-0.4, -0.2) is 44.7 Å². The molecule has 1 amide bonds. The minimum atomic E-state index is -0.433. The van der Waals surface area contributed by atoms with Crippen molar-refractivity contribution in [2.24, 2.45) is 5.41 Å². The molecule has 0 aromatic heterocycles. The van der Waals surface area contributed by atoms with E-state index in [1.54, 1.807) is 18.1 Å². The Hall–Kier alpha value is -0.520. The van der Waals surface area contributed by atoms with Crippen LogP contribution in [0.15, 0.2) is 18.2 Å². The zero-order valence-corrected chi connectivity index (χ0v) is 15.7. The number of carbonyl (C=O) groups excluding carboxylic acids is 1. The monoisotopic (exact) mass is 380 g/mol. The van der Waals surface area contributed by atoms with E-state index in [-0.39, 0.29) is 18.3 Å². The zero-order chi connectivity index (χ0) is 16.2. The number of methoxy groups -OCH3 is 1. The van der Waals surface area contributed by atoms with Gasteiger partial charge >= 0.3 is 0 Å². The molecule has 1 N–H and O–H groups in total. The van der Waals surface area contributed by atoms with Crippen LogP contribution in [0.25, 0.3) is 0 Å². The lowest BCUT2D eigenvalue weighted by Crippen LogP contribution is -2.50. The van der Waals surface area contributed by atoms with E-state index in [9.17, 15) is 4.79 Å². The number of carbonyl (C=O) groups is 1. The zero-order valence-electron chi connectivity index (χ0n) is 13.4. The normalized spacial score (nSPS) is 16.5. The van der Waals surface area contributed by atoms with Gasteiger partial charge in [0.25, 0.3) is 0 Å². The van der Waals surface area contributed by atoms with Gasteiger partial charge in [-0.1, -0.05) is 23.2 Å². The molecule has 0 aliphatic carbocycles. The van der Waals surface area contributed by atoms with Crippen molar-refractivity contribution < 1.29 is 9.53 Å². The molecule has 1 aromatic rings. The highest BCUT2D eigenvalue weighted by atomic mass is 35.5. The molecule has 1 heterocycles. The summed E-state index contributed by atoms with van der Waals surface area (Å²) < 4.78 is 5.33. The Bertz CT molecular complexity index is 508. The van der Waals surface area contributed by atoms with Gasteiger partial charge in [-0.25, -0.2) is 0 Å². The second kappa shape index (κ2) is 9.09. The van der Waals surface area contributed by atoms with Gasteiger partial charge in [-0.3, -0.25) is 4.79 Å². The van der Waals surface area contributed by atoms with Crippen LogP contribution >= 0.6 is 35.6 Å². The third-order valence-corrected chi connectivity index (χ3v) is 4.56. The molecule has 1 aromatic carbocycles. The van der Waals surface area contributed by atoms with E-state index in [1.807, 2.05) is 19.2 Å². The molecule has 1 saturated heterocycles. The van der Waals surface area contributed by atoms with E-state index in [0.717, 1.165) is 31.5 Å². The van der Waals surface area contributed by atoms with Gasteiger partial charge in [0, 0.05) is 30.7 Å². The highest BCUT2D eigenvalue weighted by Crippen LogP contribution is 2.32. The summed E-state index contributed by atoms with van der Waals surface area (Å²) in [4.78, 5) is 14.7. The summed E-state index contributed by atoms with van der Waals surface area (Å²) in [6.07, 6.45) is 1.58. The number of rotatable bonds is 5. The van der Waals surface area contributed by atoms with Crippen molar-refractivity contribution in [2.75, 3.05) is 33.9 Å². The van der Waals surface area contributed by atoms with Crippen LogP contribution in [0.2, 0.25) is 10.0 Å². The molecule has 7 heteroatoms. The van der Waals surface area contributed by atoms with Crippen molar-refractivity contribution >= 4 is 41.5 Å². The van der Waals surface area contributed by atoms with Crippen molar-refractivity contribution in [1.82, 2.24) is 10.2 Å². The molecule has 0 radical (unpaired) electrons. The van der Waals surface area contributed by atoms with Crippen molar-refractivity contribution in [3.05, 3.63) is 33.8 Å². The molecule has 4 nitrogen and oxygen atoms in total. The highest BCUT2D eigenvalue weighted by molar-refractivity contribution is 6.34. The number of piperidine rings is 1. The molecule has 0 atom stereocenters. The molecular formula is C16H23Cl3N2O2. The number of hydrogen-bond donors (Lipinski definition) is 1. The van der Waals surface area contributed by atoms with Crippen molar-refractivity contribution in [2.45, 2.75) is 19.4 Å². The number of halogens is 3. The van der Waals surface area contributed by atoms with E-state index >= 15 is 0 Å². The van der Waals surface area contributed by atoms with Crippen LogP contribution in [0, 0.1) is 5.41 Å². The van der Waals surface area contributed by atoms with Gasteiger partial charge in [0.2, 0.25) is 5.91 Å². The van der Waals surface area contributed by atoms with Crippen LogP contribution in [0.1, 0.15) is 18.4 Å². The maximum Gasteiger partial charge on any atom is 0.231 e. The summed E-state index contributed by atoms with van der Waals surface area (Å²) >= 11 is 12.0. The largest absolute Gasteiger partial charge is 0.384 e. The minimum Gasteiger partial charge on any atom is -0.384 e. The van der Waals surface area contributed by atoms with E-state index in [2.05, 4.69) is 5.32 Å². The van der Waals surface area contributed by atoms with E-state index < -0.39 is 5.41 Å². The molecule has 0 saturated carbocycles. The second-order valence-corrected chi connectivity index (χ2v) is 6.78. The van der Waals surface area contributed by atoms with Gasteiger partial charge in [-0.2, -0.15) is 0 Å². The molecule has 0 spiro atoms. The van der Waals surface area contributed by atoms with Gasteiger partial charge in [-0.05, 0) is 49.7 Å². The molecule has 1 aliphatic rings. The van der Waals surface area contributed by atoms with Crippen LogP contribution in [0.4, 0.5) is 0 Å². The number of benzene rings is 1. The van der Waals surface area contributed by atoms with Crippen LogP contribution in [0.3, 0.4) is 0 Å². The number of nitrogens with zero attached hydrogens (tertiary/aromatic N) is 1. The maximum atomic E-state index is 12.9. The molecular weight excluding hydrogens is 359 g/mol. The predicted molar refractivity (Wildman–Crippen MR) is 96.6 cm³/mol. The van der Waals surface area contributed by atoms with Crippen LogP contribution in [0.5, 0.6) is 0 Å². The average molecular weight is 382 g/mol. The molecule has 0 bridgehead atoms. The minimum absolute atomic E-state index is 0. The fourth-order valence-corrected chi connectivity index (χ4v) is 3.63. The topological polar surface area (TPSA) is 41.6 Å². The third-order valence-electron chi connectivity index (χ3n) is 4.12. The number of amides is 1. The first-order chi connectivity index (χ1) is 10.5. The molecule has 23 heavy (non-hydrogen) atoms. The van der Waals surface area contributed by atoms with Crippen molar-refractivity contribution in [3.8, 4) is 0 Å². The fourth-order valence-electron chi connectivity index (χ4n) is 3.05. The van der Waals surface area contributed by atoms with E-state index in [1.165, 1.54) is 0 Å². The predicted octanol–water partition coefficient (Wildman–Crippen LogP) is 3.39. The Morgan fingerprint density at radius 3 is 2.35 bits per heavy atom. The Kier molecular flexibility index (Phi) is 8.11. The lowest BCUT2D eigenvalue weighted by Gasteiger charge is -2.38. The van der Waals surface area contributed by atoms with Gasteiger partial charge in [0.1, 0.15) is 0 Å². The Balaban J connectivity index is 0.00000264. The number of ether oxygens (including phenoxy) is 1. The molecule has 130 valence electrons. The molecule has 0 unspecified atom stereocenters. The molecule has 1 aliphatic heterocycles. The fraction of sp³-hybridized carbons (Fsp3) is 0.562.